The quantitative estimate of drug-likeness (QED) is 0.730. The summed E-state index contributed by atoms with van der Waals surface area (Å²) in [4.78, 5) is 3.81. The molecular weight excluding hydrogens is 176 g/mol. The molecule has 0 radical (unpaired) electrons. The van der Waals surface area contributed by atoms with Gasteiger partial charge >= 0.3 is 0 Å². The van der Waals surface area contributed by atoms with E-state index in [-0.39, 0.29) is 5.75 Å². The lowest BCUT2D eigenvalue weighted by Gasteiger charge is -2.00. The van der Waals surface area contributed by atoms with E-state index in [0.717, 1.165) is 0 Å². The number of nitrogens with zero attached hydrogens (tertiary/aromatic N) is 1. The van der Waals surface area contributed by atoms with Crippen molar-refractivity contribution in [2.24, 2.45) is 0 Å². The van der Waals surface area contributed by atoms with Gasteiger partial charge in [-0.2, -0.15) is 0 Å². The van der Waals surface area contributed by atoms with Gasteiger partial charge in [0.25, 0.3) is 0 Å². The fourth-order valence-corrected chi connectivity index (χ4v) is 1.53. The molecule has 0 aliphatic heterocycles. The largest absolute Gasteiger partial charge is 0.264 e. The maximum Gasteiger partial charge on any atom is 0.215 e. The van der Waals surface area contributed by atoms with Gasteiger partial charge in [-0.15, -0.1) is 0 Å². The molecule has 0 unspecified atom stereocenters. The van der Waals surface area contributed by atoms with Crippen molar-refractivity contribution >= 4 is 10.0 Å². The predicted molar refractivity (Wildman–Crippen MR) is 45.9 cm³/mol. The molecule has 0 amide bonds. The lowest BCUT2D eigenvalue weighted by molar-refractivity contribution is 0.587. The smallest absolute Gasteiger partial charge is 0.215 e. The average Bonchev–Trinajstić information content (AvgIpc) is 2.06. The summed E-state index contributed by atoms with van der Waals surface area (Å²) in [6, 6.07) is 3.43. The second-order valence-corrected chi connectivity index (χ2v) is 4.25. The summed E-state index contributed by atoms with van der Waals surface area (Å²) >= 11 is 0. The number of sulfonamides is 1. The Hall–Kier alpha value is -0.940. The first-order chi connectivity index (χ1) is 5.64. The summed E-state index contributed by atoms with van der Waals surface area (Å²) in [6.07, 6.45) is 3.14. The molecule has 0 bridgehead atoms. The second kappa shape index (κ2) is 3.64. The lowest BCUT2D eigenvalue weighted by Crippen LogP contribution is -2.20. The van der Waals surface area contributed by atoms with Crippen LogP contribution in [0.15, 0.2) is 24.5 Å². The van der Waals surface area contributed by atoms with Crippen LogP contribution in [-0.4, -0.2) is 20.4 Å². The maximum atomic E-state index is 11.0. The van der Waals surface area contributed by atoms with Crippen LogP contribution < -0.4 is 4.72 Å². The minimum Gasteiger partial charge on any atom is -0.264 e. The van der Waals surface area contributed by atoms with E-state index in [4.69, 9.17) is 0 Å². The van der Waals surface area contributed by atoms with Crippen LogP contribution in [0.2, 0.25) is 0 Å². The SMILES string of the molecule is CNS(=O)(=O)Cc1cccnc1. The molecule has 0 saturated heterocycles. The summed E-state index contributed by atoms with van der Waals surface area (Å²) in [5.41, 5.74) is 0.687. The van der Waals surface area contributed by atoms with Gasteiger partial charge < -0.3 is 0 Å². The number of pyridine rings is 1. The molecule has 0 aliphatic rings. The maximum absolute atomic E-state index is 11.0. The van der Waals surface area contributed by atoms with Gasteiger partial charge in [0.05, 0.1) is 5.75 Å². The number of aromatic nitrogens is 1. The van der Waals surface area contributed by atoms with Crippen molar-refractivity contribution in [3.8, 4) is 0 Å². The highest BCUT2D eigenvalue weighted by Gasteiger charge is 2.07. The topological polar surface area (TPSA) is 59.1 Å². The molecule has 1 heterocycles. The van der Waals surface area contributed by atoms with Crippen molar-refractivity contribution in [2.45, 2.75) is 5.75 Å². The van der Waals surface area contributed by atoms with Crippen molar-refractivity contribution in [1.82, 2.24) is 9.71 Å². The Balaban J connectivity index is 2.78. The molecular formula is C7H10N2O2S. The lowest BCUT2D eigenvalue weighted by atomic mass is 10.3. The molecule has 0 aliphatic carbocycles. The Morgan fingerprint density at radius 1 is 1.58 bits per heavy atom. The molecule has 0 spiro atoms. The highest BCUT2D eigenvalue weighted by atomic mass is 32.2. The third-order valence-corrected chi connectivity index (χ3v) is 2.73. The van der Waals surface area contributed by atoms with E-state index in [9.17, 15) is 8.42 Å². The van der Waals surface area contributed by atoms with Crippen molar-refractivity contribution in [1.29, 1.82) is 0 Å². The van der Waals surface area contributed by atoms with Crippen LogP contribution in [0.25, 0.3) is 0 Å². The zero-order chi connectivity index (χ0) is 9.03. The van der Waals surface area contributed by atoms with Crippen molar-refractivity contribution in [3.63, 3.8) is 0 Å². The van der Waals surface area contributed by atoms with Gasteiger partial charge in [-0.3, -0.25) is 4.98 Å². The van der Waals surface area contributed by atoms with Crippen LogP contribution in [0, 0.1) is 0 Å². The van der Waals surface area contributed by atoms with Crippen LogP contribution in [0.1, 0.15) is 5.56 Å². The van der Waals surface area contributed by atoms with E-state index in [1.165, 1.54) is 13.2 Å². The minimum absolute atomic E-state index is 0.0165. The highest BCUT2D eigenvalue weighted by Crippen LogP contribution is 2.00. The van der Waals surface area contributed by atoms with E-state index < -0.39 is 10.0 Å². The molecule has 4 nitrogen and oxygen atoms in total. The Kier molecular flexibility index (Phi) is 2.78. The van der Waals surface area contributed by atoms with Crippen LogP contribution >= 0.6 is 0 Å². The number of hydrogen-bond acceptors (Lipinski definition) is 3. The Morgan fingerprint density at radius 3 is 2.83 bits per heavy atom. The van der Waals surface area contributed by atoms with Gasteiger partial charge in [0.1, 0.15) is 0 Å². The third kappa shape index (κ3) is 2.60. The fraction of sp³-hybridized carbons (Fsp3) is 0.286. The van der Waals surface area contributed by atoms with E-state index in [2.05, 4.69) is 9.71 Å². The first-order valence-corrected chi connectivity index (χ1v) is 5.09. The zero-order valence-corrected chi connectivity index (χ0v) is 7.50. The van der Waals surface area contributed by atoms with Gasteiger partial charge in [-0.05, 0) is 18.7 Å². The van der Waals surface area contributed by atoms with Gasteiger partial charge in [-0.1, -0.05) is 6.07 Å². The average molecular weight is 186 g/mol. The standard InChI is InChI=1S/C7H10N2O2S/c1-8-12(10,11)6-7-3-2-4-9-5-7/h2-5,8H,6H2,1H3. The molecule has 1 rings (SSSR count). The predicted octanol–water partition coefficient (Wildman–Crippen LogP) is 0.131. The van der Waals surface area contributed by atoms with Gasteiger partial charge in [0, 0.05) is 12.4 Å². The van der Waals surface area contributed by atoms with Crippen LogP contribution in [0.3, 0.4) is 0 Å². The Bertz CT molecular complexity index is 334. The second-order valence-electron chi connectivity index (χ2n) is 2.32. The summed E-state index contributed by atoms with van der Waals surface area (Å²) in [5, 5.41) is 0. The number of nitrogens with one attached hydrogen (secondary N) is 1. The monoisotopic (exact) mass is 186 g/mol. The van der Waals surface area contributed by atoms with Crippen molar-refractivity contribution in [3.05, 3.63) is 30.1 Å². The minimum atomic E-state index is -3.16. The van der Waals surface area contributed by atoms with E-state index in [1.54, 1.807) is 18.3 Å². The fourth-order valence-electron chi connectivity index (χ4n) is 0.775. The molecule has 0 saturated carbocycles. The molecule has 12 heavy (non-hydrogen) atoms. The Labute approximate surface area is 71.7 Å². The first-order valence-electron chi connectivity index (χ1n) is 3.44. The van der Waals surface area contributed by atoms with E-state index >= 15 is 0 Å². The molecule has 0 aromatic carbocycles. The molecule has 0 fully saturated rings. The van der Waals surface area contributed by atoms with Crippen LogP contribution in [-0.2, 0) is 15.8 Å². The number of hydrogen-bond donors (Lipinski definition) is 1. The van der Waals surface area contributed by atoms with E-state index in [0.29, 0.717) is 5.56 Å². The zero-order valence-electron chi connectivity index (χ0n) is 6.69. The molecule has 5 heteroatoms. The van der Waals surface area contributed by atoms with Gasteiger partial charge in [0.2, 0.25) is 10.0 Å². The molecule has 1 aromatic rings. The normalized spacial score (nSPS) is 11.4. The molecule has 66 valence electrons. The van der Waals surface area contributed by atoms with Crippen molar-refractivity contribution in [2.75, 3.05) is 7.05 Å². The van der Waals surface area contributed by atoms with Crippen LogP contribution in [0.5, 0.6) is 0 Å². The summed E-state index contributed by atoms with van der Waals surface area (Å²) in [5.74, 6) is -0.0165. The summed E-state index contributed by atoms with van der Waals surface area (Å²) in [7, 11) is -1.77. The highest BCUT2D eigenvalue weighted by molar-refractivity contribution is 7.88. The third-order valence-electron chi connectivity index (χ3n) is 1.39. The summed E-state index contributed by atoms with van der Waals surface area (Å²) in [6.45, 7) is 0. The summed E-state index contributed by atoms with van der Waals surface area (Å²) < 4.78 is 24.3. The van der Waals surface area contributed by atoms with Crippen molar-refractivity contribution < 1.29 is 8.42 Å². The molecule has 1 aromatic heterocycles. The van der Waals surface area contributed by atoms with Gasteiger partial charge in [-0.25, -0.2) is 13.1 Å². The number of rotatable bonds is 3. The molecule has 0 atom stereocenters. The van der Waals surface area contributed by atoms with Crippen LogP contribution in [0.4, 0.5) is 0 Å². The first kappa shape index (κ1) is 9.15. The Morgan fingerprint density at radius 2 is 2.33 bits per heavy atom. The van der Waals surface area contributed by atoms with Gasteiger partial charge in [0.15, 0.2) is 0 Å². The molecule has 1 N–H and O–H groups in total. The van der Waals surface area contributed by atoms with E-state index in [1.807, 2.05) is 0 Å².